The highest BCUT2D eigenvalue weighted by atomic mass is 19.1. The standard InChI is InChI=1S/C16H13FN2/c1-10-3-5-13-15(7-10)18-9-19-16(13)12-4-6-14(17)11(2)8-12/h3-9H,1-2H3. The maximum atomic E-state index is 13.3. The first-order valence-electron chi connectivity index (χ1n) is 6.13. The van der Waals surface area contributed by atoms with E-state index >= 15 is 0 Å². The number of rotatable bonds is 1. The average molecular weight is 252 g/mol. The molecule has 0 radical (unpaired) electrons. The van der Waals surface area contributed by atoms with Crippen molar-refractivity contribution in [2.45, 2.75) is 13.8 Å². The molecular weight excluding hydrogens is 239 g/mol. The lowest BCUT2D eigenvalue weighted by atomic mass is 10.0. The molecule has 1 aromatic heterocycles. The number of halogens is 1. The van der Waals surface area contributed by atoms with Gasteiger partial charge in [-0.15, -0.1) is 0 Å². The normalized spacial score (nSPS) is 10.9. The summed E-state index contributed by atoms with van der Waals surface area (Å²) in [5.74, 6) is -0.196. The summed E-state index contributed by atoms with van der Waals surface area (Å²) >= 11 is 0. The van der Waals surface area contributed by atoms with Crippen LogP contribution in [-0.4, -0.2) is 9.97 Å². The van der Waals surface area contributed by atoms with E-state index in [1.807, 2.05) is 31.2 Å². The van der Waals surface area contributed by atoms with Gasteiger partial charge in [0.15, 0.2) is 0 Å². The molecule has 19 heavy (non-hydrogen) atoms. The molecule has 3 rings (SSSR count). The molecule has 0 amide bonds. The molecule has 3 aromatic rings. The van der Waals surface area contributed by atoms with Crippen LogP contribution in [0.25, 0.3) is 22.2 Å². The minimum absolute atomic E-state index is 0.196. The second-order valence-electron chi connectivity index (χ2n) is 4.71. The lowest BCUT2D eigenvalue weighted by molar-refractivity contribution is 0.619. The average Bonchev–Trinajstić information content (AvgIpc) is 2.41. The summed E-state index contributed by atoms with van der Waals surface area (Å²) in [6.45, 7) is 3.79. The van der Waals surface area contributed by atoms with E-state index in [2.05, 4.69) is 9.97 Å². The molecule has 3 heteroatoms. The predicted octanol–water partition coefficient (Wildman–Crippen LogP) is 4.05. The Morgan fingerprint density at radius 1 is 0.947 bits per heavy atom. The topological polar surface area (TPSA) is 25.8 Å². The Morgan fingerprint density at radius 2 is 1.79 bits per heavy atom. The van der Waals surface area contributed by atoms with Gasteiger partial charge in [0, 0.05) is 10.9 Å². The molecule has 0 aliphatic carbocycles. The first-order chi connectivity index (χ1) is 9.15. The molecule has 94 valence electrons. The fourth-order valence-corrected chi connectivity index (χ4v) is 2.19. The number of hydrogen-bond acceptors (Lipinski definition) is 2. The summed E-state index contributed by atoms with van der Waals surface area (Å²) in [5.41, 5.74) is 4.44. The third-order valence-electron chi connectivity index (χ3n) is 3.22. The molecule has 0 fully saturated rings. The van der Waals surface area contributed by atoms with Crippen molar-refractivity contribution >= 4 is 10.9 Å². The molecule has 0 spiro atoms. The first-order valence-corrected chi connectivity index (χ1v) is 6.13. The van der Waals surface area contributed by atoms with Gasteiger partial charge in [0.25, 0.3) is 0 Å². The highest BCUT2D eigenvalue weighted by molar-refractivity contribution is 5.92. The van der Waals surface area contributed by atoms with Gasteiger partial charge in [-0.25, -0.2) is 14.4 Å². The van der Waals surface area contributed by atoms with Crippen LogP contribution in [0.15, 0.2) is 42.7 Å². The largest absolute Gasteiger partial charge is 0.236 e. The third kappa shape index (κ3) is 2.08. The Hall–Kier alpha value is -2.29. The van der Waals surface area contributed by atoms with E-state index in [4.69, 9.17) is 0 Å². The van der Waals surface area contributed by atoms with Crippen molar-refractivity contribution in [2.75, 3.05) is 0 Å². The second kappa shape index (κ2) is 4.43. The van der Waals surface area contributed by atoms with Crippen molar-refractivity contribution < 1.29 is 4.39 Å². The van der Waals surface area contributed by atoms with Gasteiger partial charge in [0.1, 0.15) is 12.1 Å². The zero-order valence-electron chi connectivity index (χ0n) is 10.8. The summed E-state index contributed by atoms with van der Waals surface area (Å²) in [6, 6.07) is 11.1. The van der Waals surface area contributed by atoms with Crippen LogP contribution in [0.3, 0.4) is 0 Å². The first kappa shape index (κ1) is 11.8. The minimum Gasteiger partial charge on any atom is -0.236 e. The Morgan fingerprint density at radius 3 is 2.58 bits per heavy atom. The van der Waals surface area contributed by atoms with Gasteiger partial charge in [-0.2, -0.15) is 0 Å². The Kier molecular flexibility index (Phi) is 2.75. The van der Waals surface area contributed by atoms with Crippen LogP contribution >= 0.6 is 0 Å². The van der Waals surface area contributed by atoms with E-state index in [-0.39, 0.29) is 5.82 Å². The maximum Gasteiger partial charge on any atom is 0.126 e. The number of fused-ring (bicyclic) bond motifs is 1. The number of benzene rings is 2. The highest BCUT2D eigenvalue weighted by Gasteiger charge is 2.08. The monoisotopic (exact) mass is 252 g/mol. The zero-order valence-corrected chi connectivity index (χ0v) is 10.8. The molecule has 2 aromatic carbocycles. The lowest BCUT2D eigenvalue weighted by Crippen LogP contribution is -1.91. The van der Waals surface area contributed by atoms with Crippen molar-refractivity contribution in [1.82, 2.24) is 9.97 Å². The van der Waals surface area contributed by atoms with Crippen molar-refractivity contribution in [3.63, 3.8) is 0 Å². The van der Waals surface area contributed by atoms with E-state index < -0.39 is 0 Å². The Labute approximate surface area is 111 Å². The van der Waals surface area contributed by atoms with Gasteiger partial charge in [0.05, 0.1) is 11.2 Å². The summed E-state index contributed by atoms with van der Waals surface area (Å²) < 4.78 is 13.3. The van der Waals surface area contributed by atoms with Crippen LogP contribution in [0.2, 0.25) is 0 Å². The van der Waals surface area contributed by atoms with Gasteiger partial charge in [-0.1, -0.05) is 12.1 Å². The highest BCUT2D eigenvalue weighted by Crippen LogP contribution is 2.27. The van der Waals surface area contributed by atoms with E-state index in [0.717, 1.165) is 27.7 Å². The molecule has 0 bridgehead atoms. The molecule has 0 atom stereocenters. The molecular formula is C16H13FN2. The summed E-state index contributed by atoms with van der Waals surface area (Å²) in [5, 5.41) is 0.985. The number of nitrogens with zero attached hydrogens (tertiary/aromatic N) is 2. The fourth-order valence-electron chi connectivity index (χ4n) is 2.19. The molecule has 0 aliphatic heterocycles. The molecule has 0 unspecified atom stereocenters. The van der Waals surface area contributed by atoms with Gasteiger partial charge < -0.3 is 0 Å². The Bertz CT molecular complexity index is 766. The van der Waals surface area contributed by atoms with Gasteiger partial charge >= 0.3 is 0 Å². The van der Waals surface area contributed by atoms with Crippen molar-refractivity contribution in [2.24, 2.45) is 0 Å². The van der Waals surface area contributed by atoms with Crippen LogP contribution in [0, 0.1) is 19.7 Å². The molecule has 0 N–H and O–H groups in total. The van der Waals surface area contributed by atoms with Crippen LogP contribution in [-0.2, 0) is 0 Å². The van der Waals surface area contributed by atoms with E-state index in [9.17, 15) is 4.39 Å². The predicted molar refractivity (Wildman–Crippen MR) is 74.4 cm³/mol. The maximum absolute atomic E-state index is 13.3. The van der Waals surface area contributed by atoms with Crippen LogP contribution in [0.4, 0.5) is 4.39 Å². The van der Waals surface area contributed by atoms with Gasteiger partial charge in [-0.05, 0) is 49.2 Å². The summed E-state index contributed by atoms with van der Waals surface area (Å²) in [4.78, 5) is 8.63. The van der Waals surface area contributed by atoms with E-state index in [1.54, 1.807) is 19.3 Å². The Balaban J connectivity index is 2.27. The molecule has 0 saturated carbocycles. The molecule has 0 aliphatic rings. The van der Waals surface area contributed by atoms with Gasteiger partial charge in [-0.3, -0.25) is 0 Å². The van der Waals surface area contributed by atoms with Crippen molar-refractivity contribution in [3.05, 3.63) is 59.7 Å². The van der Waals surface area contributed by atoms with Crippen molar-refractivity contribution in [1.29, 1.82) is 0 Å². The summed E-state index contributed by atoms with van der Waals surface area (Å²) in [7, 11) is 0. The van der Waals surface area contributed by atoms with Crippen molar-refractivity contribution in [3.8, 4) is 11.3 Å². The van der Waals surface area contributed by atoms with Crippen LogP contribution in [0.5, 0.6) is 0 Å². The molecule has 2 nitrogen and oxygen atoms in total. The number of aromatic nitrogens is 2. The molecule has 0 saturated heterocycles. The number of hydrogen-bond donors (Lipinski definition) is 0. The third-order valence-corrected chi connectivity index (χ3v) is 3.22. The minimum atomic E-state index is -0.196. The number of aryl methyl sites for hydroxylation is 2. The fraction of sp³-hybridized carbons (Fsp3) is 0.125. The smallest absolute Gasteiger partial charge is 0.126 e. The molecule has 1 heterocycles. The van der Waals surface area contributed by atoms with Gasteiger partial charge in [0.2, 0.25) is 0 Å². The van der Waals surface area contributed by atoms with Crippen LogP contribution in [0.1, 0.15) is 11.1 Å². The summed E-state index contributed by atoms with van der Waals surface area (Å²) in [6.07, 6.45) is 1.55. The SMILES string of the molecule is Cc1ccc2c(-c3ccc(F)c(C)c3)ncnc2c1. The lowest BCUT2D eigenvalue weighted by Gasteiger charge is -2.07. The second-order valence-corrected chi connectivity index (χ2v) is 4.71. The van der Waals surface area contributed by atoms with E-state index in [0.29, 0.717) is 5.56 Å². The van der Waals surface area contributed by atoms with E-state index in [1.165, 1.54) is 6.07 Å². The quantitative estimate of drug-likeness (QED) is 0.653. The zero-order chi connectivity index (χ0) is 13.4. The van der Waals surface area contributed by atoms with Crippen LogP contribution < -0.4 is 0 Å².